The summed E-state index contributed by atoms with van der Waals surface area (Å²) in [5.41, 5.74) is 2.11. The highest BCUT2D eigenvalue weighted by molar-refractivity contribution is 5.90. The van der Waals surface area contributed by atoms with Crippen LogP contribution in [0.1, 0.15) is 27.0 Å². The van der Waals surface area contributed by atoms with E-state index in [1.807, 2.05) is 6.07 Å². The molecular formula is C10H9NO2. The van der Waals surface area contributed by atoms with Crippen molar-refractivity contribution in [3.05, 3.63) is 34.4 Å². The lowest BCUT2D eigenvalue weighted by molar-refractivity contribution is 0.0696. The first-order valence-electron chi connectivity index (χ1n) is 3.81. The molecule has 0 heterocycles. The van der Waals surface area contributed by atoms with Crippen LogP contribution in [0.5, 0.6) is 0 Å². The number of nitriles is 1. The van der Waals surface area contributed by atoms with E-state index in [2.05, 4.69) is 0 Å². The van der Waals surface area contributed by atoms with E-state index in [4.69, 9.17) is 10.4 Å². The average molecular weight is 175 g/mol. The van der Waals surface area contributed by atoms with Crippen LogP contribution in [0.15, 0.2) is 12.1 Å². The van der Waals surface area contributed by atoms with Gasteiger partial charge < -0.3 is 5.11 Å². The molecule has 1 rings (SSSR count). The number of carboxylic acids is 1. The quantitative estimate of drug-likeness (QED) is 0.708. The Hall–Kier alpha value is -1.82. The fraction of sp³-hybridized carbons (Fsp3) is 0.200. The second kappa shape index (κ2) is 3.28. The third kappa shape index (κ3) is 1.67. The number of hydrogen-bond donors (Lipinski definition) is 1. The highest BCUT2D eigenvalue weighted by atomic mass is 16.4. The van der Waals surface area contributed by atoms with E-state index in [9.17, 15) is 4.79 Å². The van der Waals surface area contributed by atoms with E-state index in [1.165, 1.54) is 6.07 Å². The van der Waals surface area contributed by atoms with Gasteiger partial charge in [-0.05, 0) is 31.0 Å². The number of aryl methyl sites for hydroxylation is 2. The summed E-state index contributed by atoms with van der Waals surface area (Å²) in [5, 5.41) is 17.4. The average Bonchev–Trinajstić information content (AvgIpc) is 2.03. The lowest BCUT2D eigenvalue weighted by atomic mass is 10.0. The van der Waals surface area contributed by atoms with Crippen molar-refractivity contribution < 1.29 is 9.90 Å². The van der Waals surface area contributed by atoms with Gasteiger partial charge in [0, 0.05) is 0 Å². The van der Waals surface area contributed by atoms with Gasteiger partial charge in [-0.3, -0.25) is 0 Å². The van der Waals surface area contributed by atoms with Crippen LogP contribution in [0.4, 0.5) is 0 Å². The van der Waals surface area contributed by atoms with E-state index >= 15 is 0 Å². The third-order valence-electron chi connectivity index (χ3n) is 1.92. The molecule has 0 atom stereocenters. The van der Waals surface area contributed by atoms with Crippen LogP contribution in [0.3, 0.4) is 0 Å². The van der Waals surface area contributed by atoms with Crippen molar-refractivity contribution >= 4 is 5.97 Å². The summed E-state index contributed by atoms with van der Waals surface area (Å²) in [5.74, 6) is -0.992. The summed E-state index contributed by atoms with van der Waals surface area (Å²) in [4.78, 5) is 10.7. The molecule has 0 aromatic heterocycles. The molecular weight excluding hydrogens is 166 g/mol. The van der Waals surface area contributed by atoms with Crippen LogP contribution < -0.4 is 0 Å². The molecule has 13 heavy (non-hydrogen) atoms. The van der Waals surface area contributed by atoms with Crippen molar-refractivity contribution in [2.45, 2.75) is 13.8 Å². The Labute approximate surface area is 76.2 Å². The van der Waals surface area contributed by atoms with E-state index in [0.717, 1.165) is 5.56 Å². The van der Waals surface area contributed by atoms with Crippen molar-refractivity contribution in [1.29, 1.82) is 5.26 Å². The van der Waals surface area contributed by atoms with Gasteiger partial charge in [0.05, 0.1) is 17.2 Å². The van der Waals surface area contributed by atoms with Crippen molar-refractivity contribution in [3.63, 3.8) is 0 Å². The van der Waals surface area contributed by atoms with E-state index in [1.54, 1.807) is 19.9 Å². The number of nitrogens with zero attached hydrogens (tertiary/aromatic N) is 1. The lowest BCUT2D eigenvalue weighted by Crippen LogP contribution is -2.01. The Balaban J connectivity index is 3.41. The zero-order valence-corrected chi connectivity index (χ0v) is 7.46. The fourth-order valence-corrected chi connectivity index (χ4v) is 1.20. The molecule has 0 spiro atoms. The van der Waals surface area contributed by atoms with Crippen LogP contribution in [-0.2, 0) is 0 Å². The van der Waals surface area contributed by atoms with Gasteiger partial charge in [0.1, 0.15) is 0 Å². The molecule has 0 aliphatic heterocycles. The molecule has 66 valence electrons. The topological polar surface area (TPSA) is 61.1 Å². The molecule has 3 heteroatoms. The summed E-state index contributed by atoms with van der Waals surface area (Å²) in [6, 6.07) is 5.07. The highest BCUT2D eigenvalue weighted by Crippen LogP contribution is 2.15. The summed E-state index contributed by atoms with van der Waals surface area (Å²) in [6.07, 6.45) is 0. The molecule has 0 bridgehead atoms. The Morgan fingerprint density at radius 3 is 2.46 bits per heavy atom. The number of hydrogen-bond acceptors (Lipinski definition) is 2. The first-order valence-corrected chi connectivity index (χ1v) is 3.81. The zero-order chi connectivity index (χ0) is 10.0. The maximum absolute atomic E-state index is 10.7. The highest BCUT2D eigenvalue weighted by Gasteiger charge is 2.09. The smallest absolute Gasteiger partial charge is 0.335 e. The summed E-state index contributed by atoms with van der Waals surface area (Å²) >= 11 is 0. The minimum atomic E-state index is -0.992. The Kier molecular flexibility index (Phi) is 2.34. The van der Waals surface area contributed by atoms with Gasteiger partial charge in [-0.2, -0.15) is 5.26 Å². The maximum atomic E-state index is 10.7. The number of carbonyl (C=O) groups is 1. The van der Waals surface area contributed by atoms with E-state index in [-0.39, 0.29) is 5.56 Å². The SMILES string of the molecule is Cc1cc(C)c(C(=O)O)cc1C#N. The molecule has 0 fully saturated rings. The lowest BCUT2D eigenvalue weighted by Gasteiger charge is -2.03. The van der Waals surface area contributed by atoms with Gasteiger partial charge in [-0.15, -0.1) is 0 Å². The summed E-state index contributed by atoms with van der Waals surface area (Å²) in [6.45, 7) is 3.51. The Bertz CT molecular complexity index is 402. The minimum Gasteiger partial charge on any atom is -0.478 e. The Morgan fingerprint density at radius 2 is 2.00 bits per heavy atom. The van der Waals surface area contributed by atoms with Crippen molar-refractivity contribution in [2.24, 2.45) is 0 Å². The Morgan fingerprint density at radius 1 is 1.38 bits per heavy atom. The van der Waals surface area contributed by atoms with Crippen LogP contribution in [0, 0.1) is 25.2 Å². The molecule has 0 saturated heterocycles. The number of benzene rings is 1. The van der Waals surface area contributed by atoms with Gasteiger partial charge in [-0.1, -0.05) is 6.07 Å². The molecule has 1 aromatic carbocycles. The van der Waals surface area contributed by atoms with Crippen molar-refractivity contribution in [2.75, 3.05) is 0 Å². The minimum absolute atomic E-state index is 0.196. The molecule has 3 nitrogen and oxygen atoms in total. The maximum Gasteiger partial charge on any atom is 0.335 e. The van der Waals surface area contributed by atoms with Crippen molar-refractivity contribution in [3.8, 4) is 6.07 Å². The predicted molar refractivity (Wildman–Crippen MR) is 47.6 cm³/mol. The molecule has 0 aliphatic rings. The van der Waals surface area contributed by atoms with Crippen molar-refractivity contribution in [1.82, 2.24) is 0 Å². The third-order valence-corrected chi connectivity index (χ3v) is 1.92. The van der Waals surface area contributed by atoms with Crippen LogP contribution in [0.2, 0.25) is 0 Å². The fourth-order valence-electron chi connectivity index (χ4n) is 1.20. The van der Waals surface area contributed by atoms with Gasteiger partial charge >= 0.3 is 5.97 Å². The van der Waals surface area contributed by atoms with Crippen LogP contribution in [-0.4, -0.2) is 11.1 Å². The molecule has 0 unspecified atom stereocenters. The largest absolute Gasteiger partial charge is 0.478 e. The summed E-state index contributed by atoms with van der Waals surface area (Å²) in [7, 11) is 0. The second-order valence-electron chi connectivity index (χ2n) is 2.90. The molecule has 1 N–H and O–H groups in total. The molecule has 0 saturated carbocycles. The first-order chi connectivity index (χ1) is 6.06. The molecule has 1 aromatic rings. The van der Waals surface area contributed by atoms with Gasteiger partial charge in [-0.25, -0.2) is 4.79 Å². The predicted octanol–water partition coefficient (Wildman–Crippen LogP) is 1.87. The zero-order valence-electron chi connectivity index (χ0n) is 7.46. The van der Waals surface area contributed by atoms with E-state index < -0.39 is 5.97 Å². The molecule has 0 radical (unpaired) electrons. The van der Waals surface area contributed by atoms with Gasteiger partial charge in [0.15, 0.2) is 0 Å². The normalized spacial score (nSPS) is 9.31. The number of carboxylic acid groups (broad SMARTS) is 1. The van der Waals surface area contributed by atoms with Crippen LogP contribution in [0.25, 0.3) is 0 Å². The monoisotopic (exact) mass is 175 g/mol. The van der Waals surface area contributed by atoms with Gasteiger partial charge in [0.2, 0.25) is 0 Å². The first kappa shape index (κ1) is 9.27. The number of aromatic carboxylic acids is 1. The van der Waals surface area contributed by atoms with E-state index in [0.29, 0.717) is 11.1 Å². The van der Waals surface area contributed by atoms with Gasteiger partial charge in [0.25, 0.3) is 0 Å². The summed E-state index contributed by atoms with van der Waals surface area (Å²) < 4.78 is 0. The number of rotatable bonds is 1. The standard InChI is InChI=1S/C10H9NO2/c1-6-3-7(2)9(10(12)13)4-8(6)5-11/h3-4H,1-2H3,(H,12,13). The second-order valence-corrected chi connectivity index (χ2v) is 2.90. The molecule has 0 amide bonds. The van der Waals surface area contributed by atoms with Crippen LogP contribution >= 0.6 is 0 Å². The molecule has 0 aliphatic carbocycles.